The molecule has 1 aliphatic rings. The Morgan fingerprint density at radius 2 is 2.19 bits per heavy atom. The number of carbonyl (C=O) groups excluding carboxylic acids is 1. The molecule has 1 saturated heterocycles. The third-order valence-electron chi connectivity index (χ3n) is 4.12. The van der Waals surface area contributed by atoms with Crippen molar-refractivity contribution in [2.24, 2.45) is 0 Å². The molecule has 0 spiro atoms. The molecule has 2 rings (SSSR count). The summed E-state index contributed by atoms with van der Waals surface area (Å²) in [5, 5.41) is 9.47. The summed E-state index contributed by atoms with van der Waals surface area (Å²) in [6, 6.07) is 3.94. The molecular weight excluding hydrogens is 277 g/mol. The van der Waals surface area contributed by atoms with Crippen molar-refractivity contribution in [1.82, 2.24) is 4.90 Å². The molecule has 0 bridgehead atoms. The lowest BCUT2D eigenvalue weighted by molar-refractivity contribution is -0.148. The number of carboxylic acid groups (broad SMARTS) is 1. The Kier molecular flexibility index (Phi) is 4.16. The summed E-state index contributed by atoms with van der Waals surface area (Å²) in [5.74, 6) is -2.02. The quantitative estimate of drug-likeness (QED) is 0.925. The number of hydrogen-bond donors (Lipinski definition) is 1. The first-order valence-electron chi connectivity index (χ1n) is 6.85. The molecule has 0 radical (unpaired) electrons. The van der Waals surface area contributed by atoms with Crippen LogP contribution in [-0.4, -0.2) is 41.1 Å². The number of carboxylic acids is 1. The van der Waals surface area contributed by atoms with Gasteiger partial charge in [-0.05, 0) is 31.4 Å². The number of hydrogen-bond acceptors (Lipinski definition) is 3. The van der Waals surface area contributed by atoms with Crippen LogP contribution in [0.5, 0.6) is 5.75 Å². The number of nitrogens with zero attached hydrogens (tertiary/aromatic N) is 1. The van der Waals surface area contributed by atoms with E-state index in [1.807, 2.05) is 0 Å². The molecule has 0 aliphatic carbocycles. The van der Waals surface area contributed by atoms with Crippen molar-refractivity contribution < 1.29 is 23.8 Å². The van der Waals surface area contributed by atoms with Gasteiger partial charge in [-0.25, -0.2) is 9.18 Å². The van der Waals surface area contributed by atoms with E-state index in [2.05, 4.69) is 0 Å². The van der Waals surface area contributed by atoms with Gasteiger partial charge >= 0.3 is 5.97 Å². The Bertz CT molecular complexity index is 575. The number of likely N-dealkylation sites (tertiary alicyclic amines) is 1. The van der Waals surface area contributed by atoms with Gasteiger partial charge in [0.15, 0.2) is 0 Å². The maximum Gasteiger partial charge on any atom is 0.329 e. The number of halogens is 1. The molecule has 1 atom stereocenters. The van der Waals surface area contributed by atoms with Gasteiger partial charge in [-0.15, -0.1) is 0 Å². The predicted molar refractivity (Wildman–Crippen MR) is 73.9 cm³/mol. The van der Waals surface area contributed by atoms with Gasteiger partial charge in [-0.1, -0.05) is 6.92 Å². The predicted octanol–water partition coefficient (Wildman–Crippen LogP) is 2.30. The minimum absolute atomic E-state index is 0.128. The van der Waals surface area contributed by atoms with Gasteiger partial charge in [0.2, 0.25) is 0 Å². The third kappa shape index (κ3) is 2.46. The number of benzene rings is 1. The number of rotatable bonds is 4. The molecule has 114 valence electrons. The van der Waals surface area contributed by atoms with Gasteiger partial charge in [-0.2, -0.15) is 0 Å². The first-order valence-corrected chi connectivity index (χ1v) is 6.85. The standard InChI is InChI=1S/C15H18FNO4/c1-3-15(14(19)20)7-4-8-17(15)13(18)11-6-5-10(21-2)9-12(11)16/h5-6,9H,3-4,7-8H2,1-2H3,(H,19,20). The average Bonchev–Trinajstić information content (AvgIpc) is 2.91. The molecular formula is C15H18FNO4. The Balaban J connectivity index is 2.37. The summed E-state index contributed by atoms with van der Waals surface area (Å²) in [5.41, 5.74) is -1.36. The molecule has 0 saturated carbocycles. The van der Waals surface area contributed by atoms with Crippen LogP contribution in [0.3, 0.4) is 0 Å². The van der Waals surface area contributed by atoms with Crippen LogP contribution in [0, 0.1) is 5.82 Å². The number of amides is 1. The van der Waals surface area contributed by atoms with Crippen molar-refractivity contribution in [2.45, 2.75) is 31.7 Å². The van der Waals surface area contributed by atoms with Gasteiger partial charge in [0.25, 0.3) is 5.91 Å². The third-order valence-corrected chi connectivity index (χ3v) is 4.12. The summed E-state index contributed by atoms with van der Waals surface area (Å²) in [4.78, 5) is 25.4. The summed E-state index contributed by atoms with van der Waals surface area (Å²) >= 11 is 0. The van der Waals surface area contributed by atoms with E-state index in [4.69, 9.17) is 4.74 Å². The van der Waals surface area contributed by atoms with Crippen molar-refractivity contribution in [3.05, 3.63) is 29.6 Å². The van der Waals surface area contributed by atoms with Crippen molar-refractivity contribution in [3.8, 4) is 5.75 Å². The van der Waals surface area contributed by atoms with E-state index in [0.717, 1.165) is 6.07 Å². The van der Waals surface area contributed by atoms with Crippen LogP contribution in [0.1, 0.15) is 36.5 Å². The van der Waals surface area contributed by atoms with Crippen LogP contribution < -0.4 is 4.74 Å². The van der Waals surface area contributed by atoms with Crippen molar-refractivity contribution in [3.63, 3.8) is 0 Å². The fraction of sp³-hybridized carbons (Fsp3) is 0.467. The summed E-state index contributed by atoms with van der Waals surface area (Å²) in [6.07, 6.45) is 1.29. The Hall–Kier alpha value is -2.11. The largest absolute Gasteiger partial charge is 0.497 e. The lowest BCUT2D eigenvalue weighted by Crippen LogP contribution is -2.52. The van der Waals surface area contributed by atoms with E-state index in [0.29, 0.717) is 31.6 Å². The van der Waals surface area contributed by atoms with Gasteiger partial charge in [0.05, 0.1) is 12.7 Å². The first kappa shape index (κ1) is 15.3. The zero-order chi connectivity index (χ0) is 15.6. The van der Waals surface area contributed by atoms with E-state index >= 15 is 0 Å². The molecule has 1 aliphatic heterocycles. The molecule has 1 aromatic rings. The second kappa shape index (κ2) is 5.71. The monoisotopic (exact) mass is 295 g/mol. The molecule has 1 unspecified atom stereocenters. The SMILES string of the molecule is CCC1(C(=O)O)CCCN1C(=O)c1ccc(OC)cc1F. The lowest BCUT2D eigenvalue weighted by atomic mass is 9.92. The van der Waals surface area contributed by atoms with Crippen LogP contribution in [0.2, 0.25) is 0 Å². The van der Waals surface area contributed by atoms with Crippen LogP contribution in [0.25, 0.3) is 0 Å². The van der Waals surface area contributed by atoms with Crippen molar-refractivity contribution >= 4 is 11.9 Å². The Morgan fingerprint density at radius 3 is 2.71 bits per heavy atom. The highest BCUT2D eigenvalue weighted by molar-refractivity contribution is 5.98. The van der Waals surface area contributed by atoms with Crippen LogP contribution in [-0.2, 0) is 4.79 Å². The number of ether oxygens (including phenoxy) is 1. The highest BCUT2D eigenvalue weighted by Crippen LogP contribution is 2.34. The van der Waals surface area contributed by atoms with E-state index in [1.165, 1.54) is 24.1 Å². The molecule has 1 fully saturated rings. The number of carbonyl (C=O) groups is 2. The zero-order valence-electron chi connectivity index (χ0n) is 12.1. The van der Waals surface area contributed by atoms with Gasteiger partial charge in [0.1, 0.15) is 17.1 Å². The normalized spacial score (nSPS) is 21.4. The maximum atomic E-state index is 14.0. The topological polar surface area (TPSA) is 66.8 Å². The molecule has 1 N–H and O–H groups in total. The number of methoxy groups -OCH3 is 1. The van der Waals surface area contributed by atoms with Crippen LogP contribution >= 0.6 is 0 Å². The molecule has 0 aromatic heterocycles. The first-order chi connectivity index (χ1) is 9.96. The van der Waals surface area contributed by atoms with Gasteiger partial charge in [-0.3, -0.25) is 4.79 Å². The van der Waals surface area contributed by atoms with Crippen molar-refractivity contribution in [2.75, 3.05) is 13.7 Å². The Morgan fingerprint density at radius 1 is 1.48 bits per heavy atom. The molecule has 1 aromatic carbocycles. The molecule has 1 amide bonds. The lowest BCUT2D eigenvalue weighted by Gasteiger charge is -2.34. The second-order valence-electron chi connectivity index (χ2n) is 5.10. The summed E-state index contributed by atoms with van der Waals surface area (Å²) in [6.45, 7) is 2.05. The van der Waals surface area contributed by atoms with Gasteiger partial charge < -0.3 is 14.7 Å². The molecule has 21 heavy (non-hydrogen) atoms. The smallest absolute Gasteiger partial charge is 0.329 e. The molecule has 6 heteroatoms. The fourth-order valence-electron chi connectivity index (χ4n) is 2.86. The molecule has 5 nitrogen and oxygen atoms in total. The van der Waals surface area contributed by atoms with E-state index in [-0.39, 0.29) is 5.56 Å². The van der Waals surface area contributed by atoms with E-state index in [9.17, 15) is 19.1 Å². The van der Waals surface area contributed by atoms with Crippen LogP contribution in [0.15, 0.2) is 18.2 Å². The second-order valence-corrected chi connectivity index (χ2v) is 5.10. The van der Waals surface area contributed by atoms with Crippen molar-refractivity contribution in [1.29, 1.82) is 0 Å². The summed E-state index contributed by atoms with van der Waals surface area (Å²) < 4.78 is 18.9. The van der Waals surface area contributed by atoms with Crippen LogP contribution in [0.4, 0.5) is 4.39 Å². The number of aliphatic carboxylic acids is 1. The van der Waals surface area contributed by atoms with E-state index < -0.39 is 23.2 Å². The average molecular weight is 295 g/mol. The maximum absolute atomic E-state index is 14.0. The zero-order valence-corrected chi connectivity index (χ0v) is 12.1. The minimum Gasteiger partial charge on any atom is -0.497 e. The highest BCUT2D eigenvalue weighted by atomic mass is 19.1. The minimum atomic E-state index is -1.23. The Labute approximate surface area is 122 Å². The fourth-order valence-corrected chi connectivity index (χ4v) is 2.86. The molecule has 1 heterocycles. The highest BCUT2D eigenvalue weighted by Gasteiger charge is 2.49. The van der Waals surface area contributed by atoms with Gasteiger partial charge in [0, 0.05) is 12.6 Å². The van der Waals surface area contributed by atoms with E-state index in [1.54, 1.807) is 6.92 Å². The summed E-state index contributed by atoms with van der Waals surface area (Å²) in [7, 11) is 1.41.